The van der Waals surface area contributed by atoms with Crippen LogP contribution in [0.5, 0.6) is 5.75 Å². The summed E-state index contributed by atoms with van der Waals surface area (Å²) in [5, 5.41) is 9.02. The number of nitrogens with zero attached hydrogens (tertiary/aromatic N) is 1. The van der Waals surface area contributed by atoms with E-state index in [0.29, 0.717) is 23.5 Å². The van der Waals surface area contributed by atoms with Crippen LogP contribution < -0.4 is 20.8 Å². The lowest BCUT2D eigenvalue weighted by molar-refractivity contribution is -0.139. The zero-order chi connectivity index (χ0) is 21.9. The van der Waals surface area contributed by atoms with Crippen LogP contribution in [0.15, 0.2) is 50.6 Å². The molecule has 1 heterocycles. The van der Waals surface area contributed by atoms with Crippen molar-refractivity contribution in [2.45, 2.75) is 32.9 Å². The molecule has 1 atom stereocenters. The third-order valence-corrected chi connectivity index (χ3v) is 4.43. The van der Waals surface area contributed by atoms with Gasteiger partial charge in [-0.1, -0.05) is 22.9 Å². The molecule has 3 N–H and O–H groups in total. The number of benzene rings is 1. The van der Waals surface area contributed by atoms with Gasteiger partial charge in [0.15, 0.2) is 6.61 Å². The van der Waals surface area contributed by atoms with E-state index < -0.39 is 11.8 Å². The molecule has 0 aliphatic rings. The Balaban J connectivity index is 1.90. The number of furan rings is 1. The van der Waals surface area contributed by atoms with Crippen LogP contribution in [-0.4, -0.2) is 36.6 Å². The highest BCUT2D eigenvalue weighted by Crippen LogP contribution is 2.21. The summed E-state index contributed by atoms with van der Waals surface area (Å²) in [6.07, 6.45) is 3.56. The Hall–Kier alpha value is -3.14. The van der Waals surface area contributed by atoms with Crippen molar-refractivity contribution in [1.29, 1.82) is 0 Å². The van der Waals surface area contributed by atoms with Crippen molar-refractivity contribution in [3.8, 4) is 5.75 Å². The van der Waals surface area contributed by atoms with Gasteiger partial charge in [0, 0.05) is 16.1 Å². The summed E-state index contributed by atoms with van der Waals surface area (Å²) in [6, 6.07) is 8.47. The number of hydrogen-bond acceptors (Lipinski definition) is 6. The minimum absolute atomic E-state index is 0.115. The molecule has 0 unspecified atom stereocenters. The van der Waals surface area contributed by atoms with Crippen molar-refractivity contribution < 1.29 is 23.5 Å². The first-order chi connectivity index (χ1) is 14.4. The van der Waals surface area contributed by atoms with Gasteiger partial charge in [-0.3, -0.25) is 14.4 Å². The normalized spacial score (nSPS) is 11.7. The fourth-order valence-corrected chi connectivity index (χ4v) is 2.53. The molecule has 0 saturated carbocycles. The first-order valence-corrected chi connectivity index (χ1v) is 10.0. The van der Waals surface area contributed by atoms with E-state index in [1.807, 2.05) is 6.92 Å². The third-order valence-electron chi connectivity index (χ3n) is 3.94. The lowest BCUT2D eigenvalue weighted by atomic mass is 10.2. The monoisotopic (exact) mass is 478 g/mol. The number of nitrogens with one attached hydrogen (secondary N) is 3. The minimum Gasteiger partial charge on any atom is -0.483 e. The van der Waals surface area contributed by atoms with Gasteiger partial charge in [0.25, 0.3) is 5.91 Å². The summed E-state index contributed by atoms with van der Waals surface area (Å²) in [4.78, 5) is 35.5. The maximum Gasteiger partial charge on any atom is 0.329 e. The van der Waals surface area contributed by atoms with Crippen LogP contribution in [0.25, 0.3) is 0 Å². The largest absolute Gasteiger partial charge is 0.483 e. The van der Waals surface area contributed by atoms with E-state index >= 15 is 0 Å². The molecule has 0 saturated heterocycles. The van der Waals surface area contributed by atoms with Crippen molar-refractivity contribution in [3.05, 3.63) is 52.4 Å². The highest BCUT2D eigenvalue weighted by Gasteiger charge is 2.14. The summed E-state index contributed by atoms with van der Waals surface area (Å²) >= 11 is 3.34. The van der Waals surface area contributed by atoms with Crippen LogP contribution in [0.1, 0.15) is 31.6 Å². The summed E-state index contributed by atoms with van der Waals surface area (Å²) in [5.41, 5.74) is 2.67. The number of carbonyl (C=O) groups excluding carboxylic acids is 3. The number of carbonyl (C=O) groups is 3. The standard InChI is InChI=1S/C20H23BrN4O5/c1-3-13(2)24-19(27)20(28)25-23-10-14-9-15(21)6-7-17(14)30-12-18(26)22-11-16-5-4-8-29-16/h4-10,13H,3,11-12H2,1-2H3,(H,22,26)(H,24,27)(H,25,28)/b23-10-/t13-/m1/s1. The van der Waals surface area contributed by atoms with Crippen molar-refractivity contribution in [1.82, 2.24) is 16.1 Å². The van der Waals surface area contributed by atoms with Crippen LogP contribution >= 0.6 is 15.9 Å². The van der Waals surface area contributed by atoms with E-state index in [4.69, 9.17) is 9.15 Å². The molecule has 0 radical (unpaired) electrons. The van der Waals surface area contributed by atoms with Crippen LogP contribution in [0.4, 0.5) is 0 Å². The van der Waals surface area contributed by atoms with E-state index in [-0.39, 0.29) is 25.1 Å². The van der Waals surface area contributed by atoms with Gasteiger partial charge in [-0.2, -0.15) is 5.10 Å². The SMILES string of the molecule is CC[C@@H](C)NC(=O)C(=O)N/N=C\c1cc(Br)ccc1OCC(=O)NCc1ccco1. The number of ether oxygens (including phenoxy) is 1. The van der Waals surface area contributed by atoms with E-state index in [9.17, 15) is 14.4 Å². The van der Waals surface area contributed by atoms with Crippen molar-refractivity contribution in [2.24, 2.45) is 5.10 Å². The molecule has 10 heteroatoms. The summed E-state index contributed by atoms with van der Waals surface area (Å²) < 4.78 is 11.4. The maximum atomic E-state index is 12.0. The van der Waals surface area contributed by atoms with Crippen LogP contribution in [0.2, 0.25) is 0 Å². The Labute approximate surface area is 182 Å². The number of rotatable bonds is 9. The average molecular weight is 479 g/mol. The molecule has 30 heavy (non-hydrogen) atoms. The number of hydrogen-bond donors (Lipinski definition) is 3. The highest BCUT2D eigenvalue weighted by atomic mass is 79.9. The molecule has 0 fully saturated rings. The van der Waals surface area contributed by atoms with Crippen LogP contribution in [0, 0.1) is 0 Å². The summed E-state index contributed by atoms with van der Waals surface area (Å²) in [6.45, 7) is 3.73. The number of hydrazone groups is 1. The molecule has 9 nitrogen and oxygen atoms in total. The molecule has 0 aliphatic carbocycles. The predicted molar refractivity (Wildman–Crippen MR) is 114 cm³/mol. The average Bonchev–Trinajstić information content (AvgIpc) is 3.25. The molecular formula is C20H23BrN4O5. The molecule has 0 aliphatic heterocycles. The Morgan fingerprint density at radius 1 is 1.27 bits per heavy atom. The molecule has 1 aromatic carbocycles. The van der Waals surface area contributed by atoms with Crippen LogP contribution in [0.3, 0.4) is 0 Å². The number of amides is 3. The van der Waals surface area contributed by atoms with Crippen molar-refractivity contribution in [3.63, 3.8) is 0 Å². The molecule has 2 rings (SSSR count). The zero-order valence-corrected chi connectivity index (χ0v) is 18.2. The van der Waals surface area contributed by atoms with Crippen molar-refractivity contribution in [2.75, 3.05) is 6.61 Å². The van der Waals surface area contributed by atoms with E-state index in [2.05, 4.69) is 37.1 Å². The summed E-state index contributed by atoms with van der Waals surface area (Å²) in [5.74, 6) is -0.949. The van der Waals surface area contributed by atoms with Gasteiger partial charge in [-0.05, 0) is 43.7 Å². The Morgan fingerprint density at radius 3 is 2.77 bits per heavy atom. The molecule has 1 aromatic heterocycles. The van der Waals surface area contributed by atoms with Gasteiger partial charge in [0.05, 0.1) is 19.0 Å². The smallest absolute Gasteiger partial charge is 0.329 e. The van der Waals surface area contributed by atoms with Crippen LogP contribution in [-0.2, 0) is 20.9 Å². The second-order valence-corrected chi connectivity index (χ2v) is 7.22. The fraction of sp³-hybridized carbons (Fsp3) is 0.300. The molecule has 160 valence electrons. The lowest BCUT2D eigenvalue weighted by Crippen LogP contribution is -2.41. The third kappa shape index (κ3) is 7.70. The fourth-order valence-electron chi connectivity index (χ4n) is 2.15. The highest BCUT2D eigenvalue weighted by molar-refractivity contribution is 9.10. The first-order valence-electron chi connectivity index (χ1n) is 9.24. The van der Waals surface area contributed by atoms with E-state index in [0.717, 1.165) is 4.47 Å². The topological polar surface area (TPSA) is 122 Å². The van der Waals surface area contributed by atoms with Gasteiger partial charge < -0.3 is 19.8 Å². The molecule has 0 bridgehead atoms. The van der Waals surface area contributed by atoms with Crippen molar-refractivity contribution >= 4 is 39.9 Å². The molecule has 0 spiro atoms. The molecule has 2 aromatic rings. The minimum atomic E-state index is -0.874. The van der Waals surface area contributed by atoms with E-state index in [1.54, 1.807) is 37.3 Å². The van der Waals surface area contributed by atoms with Gasteiger partial charge >= 0.3 is 11.8 Å². The maximum absolute atomic E-state index is 12.0. The van der Waals surface area contributed by atoms with E-state index in [1.165, 1.54) is 12.5 Å². The second-order valence-electron chi connectivity index (χ2n) is 6.31. The van der Waals surface area contributed by atoms with Gasteiger partial charge in [-0.15, -0.1) is 0 Å². The number of halogens is 1. The van der Waals surface area contributed by atoms with Gasteiger partial charge in [0.2, 0.25) is 0 Å². The second kappa shape index (κ2) is 11.8. The quantitative estimate of drug-likeness (QED) is 0.289. The molecule has 3 amide bonds. The Kier molecular flexibility index (Phi) is 9.07. The predicted octanol–water partition coefficient (Wildman–Crippen LogP) is 2.10. The Morgan fingerprint density at radius 2 is 2.07 bits per heavy atom. The van der Waals surface area contributed by atoms with Gasteiger partial charge in [0.1, 0.15) is 11.5 Å². The first kappa shape index (κ1) is 23.1. The van der Waals surface area contributed by atoms with Gasteiger partial charge in [-0.25, -0.2) is 5.43 Å². The summed E-state index contributed by atoms with van der Waals surface area (Å²) in [7, 11) is 0. The lowest BCUT2D eigenvalue weighted by Gasteiger charge is -2.10. The molecular weight excluding hydrogens is 456 g/mol. The Bertz CT molecular complexity index is 899. The zero-order valence-electron chi connectivity index (χ0n) is 16.6.